The third-order valence-corrected chi connectivity index (χ3v) is 8.15. The number of nitrogens with zero attached hydrogens (tertiary/aromatic N) is 4. The van der Waals surface area contributed by atoms with E-state index in [9.17, 15) is 17.6 Å². The Balaban J connectivity index is 1.42. The molecule has 2 aliphatic heterocycles. The number of carbonyl (C=O) groups is 1. The number of halogens is 1. The van der Waals surface area contributed by atoms with Gasteiger partial charge >= 0.3 is 0 Å². The highest BCUT2D eigenvalue weighted by Gasteiger charge is 2.31. The molecule has 1 fully saturated rings. The first kappa shape index (κ1) is 22.7. The van der Waals surface area contributed by atoms with Gasteiger partial charge in [-0.3, -0.25) is 4.79 Å². The second-order valence-corrected chi connectivity index (χ2v) is 10.5. The van der Waals surface area contributed by atoms with E-state index in [2.05, 4.69) is 11.0 Å². The highest BCUT2D eigenvalue weighted by atomic mass is 32.2. The summed E-state index contributed by atoms with van der Waals surface area (Å²) in [5, 5.41) is 0. The number of amides is 1. The molecule has 0 radical (unpaired) electrons. The first-order valence-corrected chi connectivity index (χ1v) is 12.2. The van der Waals surface area contributed by atoms with Crippen molar-refractivity contribution in [1.29, 1.82) is 0 Å². The molecule has 0 spiro atoms. The Labute approximate surface area is 189 Å². The van der Waals surface area contributed by atoms with E-state index in [0.717, 1.165) is 43.0 Å². The molecular weight excluding hydrogens is 431 g/mol. The number of hydrogen-bond acceptors (Lipinski definition) is 4. The van der Waals surface area contributed by atoms with Crippen molar-refractivity contribution in [2.75, 3.05) is 44.7 Å². The van der Waals surface area contributed by atoms with Gasteiger partial charge in [-0.15, -0.1) is 0 Å². The van der Waals surface area contributed by atoms with Gasteiger partial charge < -0.3 is 9.80 Å². The Hall–Kier alpha value is -2.49. The molecule has 2 heterocycles. The van der Waals surface area contributed by atoms with Crippen molar-refractivity contribution in [2.24, 2.45) is 0 Å². The SMILES string of the molecule is CC(=O)N1CCN(c2ccc3c(c2)CCN(S(=O)(=O)N(C)Cc2cccc(F)c2)C3)CC1. The van der Waals surface area contributed by atoms with Crippen LogP contribution in [0.25, 0.3) is 0 Å². The van der Waals surface area contributed by atoms with Gasteiger partial charge in [-0.2, -0.15) is 17.0 Å². The zero-order valence-electron chi connectivity index (χ0n) is 18.5. The summed E-state index contributed by atoms with van der Waals surface area (Å²) in [6.07, 6.45) is 0.642. The first-order chi connectivity index (χ1) is 15.2. The lowest BCUT2D eigenvalue weighted by molar-refractivity contribution is -0.129. The topological polar surface area (TPSA) is 64.2 Å². The minimum atomic E-state index is -3.66. The van der Waals surface area contributed by atoms with Gasteiger partial charge in [-0.25, -0.2) is 4.39 Å². The van der Waals surface area contributed by atoms with Crippen LogP contribution in [0.15, 0.2) is 42.5 Å². The second kappa shape index (κ2) is 9.17. The lowest BCUT2D eigenvalue weighted by atomic mass is 10.00. The highest BCUT2D eigenvalue weighted by molar-refractivity contribution is 7.86. The molecule has 1 saturated heterocycles. The van der Waals surface area contributed by atoms with Crippen LogP contribution < -0.4 is 4.90 Å². The van der Waals surface area contributed by atoms with E-state index in [-0.39, 0.29) is 18.3 Å². The summed E-state index contributed by atoms with van der Waals surface area (Å²) in [5.74, 6) is -0.266. The predicted octanol–water partition coefficient (Wildman–Crippen LogP) is 2.23. The summed E-state index contributed by atoms with van der Waals surface area (Å²) >= 11 is 0. The van der Waals surface area contributed by atoms with Crippen molar-refractivity contribution < 1.29 is 17.6 Å². The lowest BCUT2D eigenvalue weighted by Gasteiger charge is -2.36. The fourth-order valence-corrected chi connectivity index (χ4v) is 5.69. The summed E-state index contributed by atoms with van der Waals surface area (Å²) in [5.41, 5.74) is 3.90. The Kier molecular flexibility index (Phi) is 6.50. The van der Waals surface area contributed by atoms with Crippen molar-refractivity contribution in [3.8, 4) is 0 Å². The maximum atomic E-state index is 13.5. The predicted molar refractivity (Wildman–Crippen MR) is 122 cm³/mol. The van der Waals surface area contributed by atoms with Crippen LogP contribution in [-0.2, 0) is 34.5 Å². The van der Waals surface area contributed by atoms with Crippen molar-refractivity contribution in [3.05, 3.63) is 65.0 Å². The minimum absolute atomic E-state index is 0.110. The summed E-state index contributed by atoms with van der Waals surface area (Å²) in [7, 11) is -2.14. The fraction of sp³-hybridized carbons (Fsp3) is 0.435. The van der Waals surface area contributed by atoms with Crippen LogP contribution in [-0.4, -0.2) is 67.6 Å². The van der Waals surface area contributed by atoms with E-state index in [4.69, 9.17) is 0 Å². The maximum Gasteiger partial charge on any atom is 0.282 e. The Morgan fingerprint density at radius 3 is 2.47 bits per heavy atom. The van der Waals surface area contributed by atoms with E-state index in [1.165, 1.54) is 27.8 Å². The number of fused-ring (bicyclic) bond motifs is 1. The molecule has 7 nitrogen and oxygen atoms in total. The molecule has 4 rings (SSSR count). The van der Waals surface area contributed by atoms with E-state index < -0.39 is 10.2 Å². The maximum absolute atomic E-state index is 13.5. The zero-order chi connectivity index (χ0) is 22.9. The van der Waals surface area contributed by atoms with Gasteiger partial charge in [0.1, 0.15) is 5.82 Å². The summed E-state index contributed by atoms with van der Waals surface area (Å²) in [6.45, 7) is 5.48. The Morgan fingerprint density at radius 2 is 1.78 bits per heavy atom. The zero-order valence-corrected chi connectivity index (χ0v) is 19.3. The number of carbonyl (C=O) groups excluding carboxylic acids is 1. The van der Waals surface area contributed by atoms with E-state index in [1.54, 1.807) is 19.1 Å². The third kappa shape index (κ3) is 4.79. The number of benzene rings is 2. The quantitative estimate of drug-likeness (QED) is 0.687. The van der Waals surface area contributed by atoms with Crippen LogP contribution in [0.1, 0.15) is 23.6 Å². The van der Waals surface area contributed by atoms with Gasteiger partial charge in [0, 0.05) is 65.5 Å². The van der Waals surface area contributed by atoms with Crippen molar-refractivity contribution in [1.82, 2.24) is 13.5 Å². The number of rotatable bonds is 5. The first-order valence-electron chi connectivity index (χ1n) is 10.8. The van der Waals surface area contributed by atoms with Crippen LogP contribution in [0.2, 0.25) is 0 Å². The van der Waals surface area contributed by atoms with Gasteiger partial charge in [0.25, 0.3) is 10.2 Å². The molecule has 0 aliphatic carbocycles. The molecule has 9 heteroatoms. The fourth-order valence-electron chi connectivity index (χ4n) is 4.36. The van der Waals surface area contributed by atoms with Crippen molar-refractivity contribution in [3.63, 3.8) is 0 Å². The number of hydrogen-bond donors (Lipinski definition) is 0. The van der Waals surface area contributed by atoms with Crippen LogP contribution in [0.4, 0.5) is 10.1 Å². The molecule has 0 unspecified atom stereocenters. The van der Waals surface area contributed by atoms with Gasteiger partial charge in [0.2, 0.25) is 5.91 Å². The summed E-state index contributed by atoms with van der Waals surface area (Å²) < 4.78 is 42.4. The Bertz CT molecular complexity index is 1100. The number of anilines is 1. The van der Waals surface area contributed by atoms with E-state index >= 15 is 0 Å². The normalized spacial score (nSPS) is 17.5. The van der Waals surface area contributed by atoms with Crippen molar-refractivity contribution >= 4 is 21.8 Å². The molecular formula is C23H29FN4O3S. The third-order valence-electron chi connectivity index (χ3n) is 6.27. The average Bonchev–Trinajstić information content (AvgIpc) is 2.78. The monoisotopic (exact) mass is 460 g/mol. The molecule has 32 heavy (non-hydrogen) atoms. The van der Waals surface area contributed by atoms with Gasteiger partial charge in [-0.1, -0.05) is 18.2 Å². The summed E-state index contributed by atoms with van der Waals surface area (Å²) in [4.78, 5) is 15.7. The molecule has 172 valence electrons. The van der Waals surface area contributed by atoms with Crippen LogP contribution in [0.3, 0.4) is 0 Å². The van der Waals surface area contributed by atoms with Crippen LogP contribution in [0.5, 0.6) is 0 Å². The summed E-state index contributed by atoms with van der Waals surface area (Å²) in [6, 6.07) is 12.2. The molecule has 2 aromatic carbocycles. The largest absolute Gasteiger partial charge is 0.368 e. The second-order valence-electron chi connectivity index (χ2n) is 8.42. The van der Waals surface area contributed by atoms with Gasteiger partial charge in [0.15, 0.2) is 0 Å². The number of piperazine rings is 1. The molecule has 0 aromatic heterocycles. The molecule has 2 aliphatic rings. The van der Waals surface area contributed by atoms with Crippen LogP contribution >= 0.6 is 0 Å². The van der Waals surface area contributed by atoms with E-state index in [0.29, 0.717) is 25.1 Å². The average molecular weight is 461 g/mol. The molecule has 1 amide bonds. The van der Waals surface area contributed by atoms with Crippen molar-refractivity contribution in [2.45, 2.75) is 26.4 Å². The molecule has 0 saturated carbocycles. The molecule has 0 atom stereocenters. The standard InChI is InChI=1S/C23H29FN4O3S/c1-18(29)26-10-12-27(13-11-26)23-7-6-21-17-28(9-8-20(21)15-23)32(30,31)25(2)16-19-4-3-5-22(24)14-19/h3-7,14-15H,8-13,16-17H2,1-2H3. The Morgan fingerprint density at radius 1 is 1.03 bits per heavy atom. The molecule has 0 N–H and O–H groups in total. The van der Waals surface area contributed by atoms with E-state index in [1.807, 2.05) is 17.0 Å². The minimum Gasteiger partial charge on any atom is -0.368 e. The molecule has 0 bridgehead atoms. The molecule has 2 aromatic rings. The van der Waals surface area contributed by atoms with Gasteiger partial charge in [0.05, 0.1) is 0 Å². The van der Waals surface area contributed by atoms with Gasteiger partial charge in [-0.05, 0) is 47.4 Å². The lowest BCUT2D eigenvalue weighted by Crippen LogP contribution is -2.48. The van der Waals surface area contributed by atoms with Crippen LogP contribution in [0, 0.1) is 5.82 Å². The smallest absolute Gasteiger partial charge is 0.282 e. The highest BCUT2D eigenvalue weighted by Crippen LogP contribution is 2.27.